The van der Waals surface area contributed by atoms with Gasteiger partial charge in [0.05, 0.1) is 22.1 Å². The summed E-state index contributed by atoms with van der Waals surface area (Å²) < 4.78 is 4.83. The molecule has 0 aliphatic heterocycles. The second kappa shape index (κ2) is 15.3. The molecular formula is C66H48N2. The van der Waals surface area contributed by atoms with Crippen LogP contribution in [0.2, 0.25) is 0 Å². The quantitative estimate of drug-likeness (QED) is 0.141. The Bertz CT molecular complexity index is 4060. The average molecular weight is 869 g/mol. The minimum Gasteiger partial charge on any atom is -0.309 e. The van der Waals surface area contributed by atoms with Gasteiger partial charge in [0.2, 0.25) is 0 Å². The number of nitrogens with zero attached hydrogens (tertiary/aromatic N) is 2. The van der Waals surface area contributed by atoms with Crippen molar-refractivity contribution in [2.45, 2.75) is 26.2 Å². The summed E-state index contributed by atoms with van der Waals surface area (Å²) in [6.45, 7) is 11.4. The van der Waals surface area contributed by atoms with Crippen LogP contribution in [0.1, 0.15) is 41.7 Å². The Hall–Kier alpha value is -8.46. The van der Waals surface area contributed by atoms with Gasteiger partial charge < -0.3 is 9.13 Å². The molecule has 0 amide bonds. The van der Waals surface area contributed by atoms with Gasteiger partial charge in [0.1, 0.15) is 0 Å². The predicted molar refractivity (Wildman–Crippen MR) is 290 cm³/mol. The van der Waals surface area contributed by atoms with E-state index in [9.17, 15) is 0 Å². The van der Waals surface area contributed by atoms with Gasteiger partial charge in [0.25, 0.3) is 0 Å². The van der Waals surface area contributed by atoms with Crippen molar-refractivity contribution < 1.29 is 0 Å². The number of aromatic nitrogens is 2. The zero-order valence-electron chi connectivity index (χ0n) is 38.5. The van der Waals surface area contributed by atoms with Crippen LogP contribution in [-0.4, -0.2) is 9.13 Å². The van der Waals surface area contributed by atoms with Gasteiger partial charge in [-0.2, -0.15) is 0 Å². The van der Waals surface area contributed by atoms with Gasteiger partial charge in [0.15, 0.2) is 0 Å². The summed E-state index contributed by atoms with van der Waals surface area (Å²) in [6.07, 6.45) is 4.16. The highest BCUT2D eigenvalue weighted by Crippen LogP contribution is 2.51. The first-order valence-electron chi connectivity index (χ1n) is 23.7. The van der Waals surface area contributed by atoms with Crippen LogP contribution in [0, 0.1) is 6.92 Å². The fraction of sp³-hybridized carbons (Fsp3) is 0.0606. The second-order valence-corrected chi connectivity index (χ2v) is 18.9. The van der Waals surface area contributed by atoms with E-state index in [2.05, 4.69) is 255 Å². The van der Waals surface area contributed by atoms with Crippen LogP contribution in [-0.2, 0) is 5.41 Å². The van der Waals surface area contributed by atoms with Gasteiger partial charge in [-0.1, -0.05) is 184 Å². The normalized spacial score (nSPS) is 13.2. The zero-order valence-corrected chi connectivity index (χ0v) is 38.5. The number of hydrogen-bond acceptors (Lipinski definition) is 0. The number of benzene rings is 10. The van der Waals surface area contributed by atoms with E-state index >= 15 is 0 Å². The molecule has 0 saturated heterocycles. The topological polar surface area (TPSA) is 9.86 Å². The summed E-state index contributed by atoms with van der Waals surface area (Å²) in [6, 6.07) is 78.6. The van der Waals surface area contributed by atoms with Crippen LogP contribution in [0.5, 0.6) is 0 Å². The molecule has 13 rings (SSSR count). The minimum atomic E-state index is -0.137. The van der Waals surface area contributed by atoms with E-state index in [-0.39, 0.29) is 5.41 Å². The van der Waals surface area contributed by atoms with Crippen molar-refractivity contribution in [1.29, 1.82) is 0 Å². The number of hydrogen-bond donors (Lipinski definition) is 0. The van der Waals surface area contributed by atoms with Crippen molar-refractivity contribution in [3.63, 3.8) is 0 Å². The van der Waals surface area contributed by atoms with E-state index in [1.54, 1.807) is 0 Å². The van der Waals surface area contributed by atoms with Gasteiger partial charge >= 0.3 is 0 Å². The Morgan fingerprint density at radius 1 is 0.426 bits per heavy atom. The van der Waals surface area contributed by atoms with Crippen LogP contribution in [0.4, 0.5) is 0 Å². The van der Waals surface area contributed by atoms with Gasteiger partial charge in [-0.3, -0.25) is 0 Å². The highest BCUT2D eigenvalue weighted by molar-refractivity contribution is 6.14. The second-order valence-electron chi connectivity index (χ2n) is 18.9. The molecule has 0 fully saturated rings. The first-order valence-corrected chi connectivity index (χ1v) is 23.7. The summed E-state index contributed by atoms with van der Waals surface area (Å²) in [4.78, 5) is 0. The summed E-state index contributed by atoms with van der Waals surface area (Å²) in [5.41, 5.74) is 21.9. The first-order chi connectivity index (χ1) is 33.4. The average Bonchev–Trinajstić information content (AvgIpc) is 3.98. The molecule has 2 heteroatoms. The van der Waals surface area contributed by atoms with Gasteiger partial charge in [-0.25, -0.2) is 0 Å². The lowest BCUT2D eigenvalue weighted by molar-refractivity contribution is 0.660. The maximum absolute atomic E-state index is 4.32. The van der Waals surface area contributed by atoms with Crippen molar-refractivity contribution >= 4 is 60.0 Å². The fourth-order valence-corrected chi connectivity index (χ4v) is 11.7. The molecule has 2 heterocycles. The smallest absolute Gasteiger partial charge is 0.0547 e. The summed E-state index contributed by atoms with van der Waals surface area (Å²) in [7, 11) is 0. The summed E-state index contributed by atoms with van der Waals surface area (Å²) in [5.74, 6) is 0. The molecule has 68 heavy (non-hydrogen) atoms. The Kier molecular flexibility index (Phi) is 8.97. The van der Waals surface area contributed by atoms with Crippen LogP contribution < -0.4 is 0 Å². The molecule has 1 aliphatic rings. The van der Waals surface area contributed by atoms with Crippen molar-refractivity contribution in [3.05, 3.63) is 259 Å². The van der Waals surface area contributed by atoms with E-state index in [1.807, 2.05) is 6.08 Å². The summed E-state index contributed by atoms with van der Waals surface area (Å²) in [5, 5.41) is 7.41. The van der Waals surface area contributed by atoms with E-state index in [1.165, 1.54) is 110 Å². The molecule has 2 aromatic heterocycles. The molecule has 0 saturated carbocycles. The molecule has 10 aromatic carbocycles. The highest BCUT2D eigenvalue weighted by Gasteiger charge is 2.35. The molecular weight excluding hydrogens is 821 g/mol. The molecule has 0 bridgehead atoms. The number of para-hydroxylation sites is 4. The summed E-state index contributed by atoms with van der Waals surface area (Å²) >= 11 is 0. The van der Waals surface area contributed by atoms with E-state index < -0.39 is 0 Å². The van der Waals surface area contributed by atoms with Crippen LogP contribution in [0.25, 0.3) is 105 Å². The minimum absolute atomic E-state index is 0.137. The van der Waals surface area contributed by atoms with Crippen LogP contribution >= 0.6 is 0 Å². The van der Waals surface area contributed by atoms with E-state index in [0.29, 0.717) is 0 Å². The lowest BCUT2D eigenvalue weighted by atomic mass is 9.80. The predicted octanol–water partition coefficient (Wildman–Crippen LogP) is 17.6. The van der Waals surface area contributed by atoms with Crippen LogP contribution in [0.3, 0.4) is 0 Å². The van der Waals surface area contributed by atoms with Gasteiger partial charge in [-0.05, 0) is 145 Å². The molecule has 322 valence electrons. The largest absolute Gasteiger partial charge is 0.309 e. The molecule has 1 aliphatic carbocycles. The van der Waals surface area contributed by atoms with Gasteiger partial charge in [-0.15, -0.1) is 0 Å². The molecule has 0 atom stereocenters. The molecule has 0 radical (unpaired) electrons. The lowest BCUT2D eigenvalue weighted by Gasteiger charge is -2.24. The highest BCUT2D eigenvalue weighted by atomic mass is 15.0. The third-order valence-electron chi connectivity index (χ3n) is 14.9. The Labute approximate surface area is 397 Å². The monoisotopic (exact) mass is 868 g/mol. The standard InChI is InChI=1S/C66H48N2/c1-5-19-48(43-32-36-54-52-25-13-16-30-61(52)67(63(54)39-43)46-20-8-6-9-21-46)57-41-58-49(44-33-37-55-53-26-14-17-31-62(53)68(64(55)40-44)47-22-10-7-11-23-47)27-18-28-56(58)65(42(57)2)45-34-35-51-50-24-12-15-29-59(50)66(3,4)60(51)38-45/h5-41H,1H2,2-4H3/b48-19-. The van der Waals surface area contributed by atoms with Crippen molar-refractivity contribution in [2.75, 3.05) is 0 Å². The lowest BCUT2D eigenvalue weighted by Crippen LogP contribution is -2.15. The van der Waals surface area contributed by atoms with E-state index in [0.717, 1.165) is 22.5 Å². The Morgan fingerprint density at radius 2 is 0.971 bits per heavy atom. The maximum atomic E-state index is 4.32. The van der Waals surface area contributed by atoms with Gasteiger partial charge in [0, 0.05) is 38.3 Å². The molecule has 0 N–H and O–H groups in total. The maximum Gasteiger partial charge on any atom is 0.0547 e. The molecule has 0 unspecified atom stereocenters. The SMILES string of the molecule is C=C/C=C(/c1ccc2c3ccccc3n(-c3ccccc3)c2c1)c1cc2c(-c3ccc4c5ccccc5n(-c5ccccc5)c4c3)cccc2c(-c2ccc3c(c2)C(C)(C)c2ccccc2-3)c1C. The van der Waals surface area contributed by atoms with Crippen molar-refractivity contribution in [2.24, 2.45) is 0 Å². The fourth-order valence-electron chi connectivity index (χ4n) is 11.7. The third kappa shape index (κ3) is 5.90. The Balaban J connectivity index is 1.08. The first kappa shape index (κ1) is 39.9. The molecule has 12 aromatic rings. The zero-order chi connectivity index (χ0) is 45.7. The van der Waals surface area contributed by atoms with E-state index in [4.69, 9.17) is 0 Å². The Morgan fingerprint density at radius 3 is 1.66 bits per heavy atom. The number of rotatable bonds is 7. The van der Waals surface area contributed by atoms with Crippen LogP contribution in [0.15, 0.2) is 231 Å². The molecule has 2 nitrogen and oxygen atoms in total. The van der Waals surface area contributed by atoms with Crippen molar-refractivity contribution in [1.82, 2.24) is 9.13 Å². The molecule has 0 spiro atoms. The number of allylic oxidation sites excluding steroid dienone is 2. The number of fused-ring (bicyclic) bond motifs is 10. The van der Waals surface area contributed by atoms with Crippen molar-refractivity contribution in [3.8, 4) is 44.8 Å². The third-order valence-corrected chi connectivity index (χ3v) is 14.9.